The number of nitrogens with one attached hydrogen (secondary N) is 1. The minimum atomic E-state index is 0.302. The van der Waals surface area contributed by atoms with E-state index in [0.717, 1.165) is 25.6 Å². The van der Waals surface area contributed by atoms with Crippen LogP contribution in [-0.2, 0) is 0 Å². The maximum atomic E-state index is 8.82. The summed E-state index contributed by atoms with van der Waals surface area (Å²) in [5, 5.41) is 12.3. The Morgan fingerprint density at radius 3 is 3.17 bits per heavy atom. The van der Waals surface area contributed by atoms with E-state index in [1.807, 2.05) is 0 Å². The first-order valence-electron chi connectivity index (χ1n) is 4.78. The van der Waals surface area contributed by atoms with Crippen molar-refractivity contribution in [3.05, 3.63) is 0 Å². The second-order valence-corrected chi connectivity index (χ2v) is 4.44. The number of hydrogen-bond acceptors (Lipinski definition) is 3. The lowest BCUT2D eigenvalue weighted by Crippen LogP contribution is -2.31. The van der Waals surface area contributed by atoms with Gasteiger partial charge in [0.2, 0.25) is 0 Å². The molecule has 0 spiro atoms. The molecule has 0 saturated carbocycles. The number of aliphatic hydroxyl groups is 1. The van der Waals surface area contributed by atoms with Gasteiger partial charge in [0.05, 0.1) is 6.61 Å². The van der Waals surface area contributed by atoms with Crippen LogP contribution in [0.25, 0.3) is 0 Å². The summed E-state index contributed by atoms with van der Waals surface area (Å²) < 4.78 is 0. The Morgan fingerprint density at radius 1 is 1.67 bits per heavy atom. The number of fused-ring (bicyclic) bond motifs is 1. The monoisotopic (exact) mass is 170 g/mol. The molecule has 0 unspecified atom stereocenters. The van der Waals surface area contributed by atoms with Crippen LogP contribution in [0.15, 0.2) is 0 Å². The molecule has 0 bridgehead atoms. The standard InChI is InChI=1S/C9H18N2O/c1-9-6-10-4-8(9)5-11(7-9)2-3-12/h8,10,12H,2-7H2,1H3/t8-,9+/m0/s1. The Hall–Kier alpha value is -0.120. The van der Waals surface area contributed by atoms with Gasteiger partial charge in [-0.3, -0.25) is 0 Å². The van der Waals surface area contributed by atoms with Crippen LogP contribution in [0, 0.1) is 11.3 Å². The average Bonchev–Trinajstić information content (AvgIpc) is 2.43. The fourth-order valence-corrected chi connectivity index (χ4v) is 2.59. The molecular weight excluding hydrogens is 152 g/mol. The molecule has 0 aliphatic carbocycles. The van der Waals surface area contributed by atoms with Crippen molar-refractivity contribution < 1.29 is 5.11 Å². The van der Waals surface area contributed by atoms with Crippen LogP contribution in [0.1, 0.15) is 6.92 Å². The lowest BCUT2D eigenvalue weighted by Gasteiger charge is -2.21. The van der Waals surface area contributed by atoms with Crippen molar-refractivity contribution >= 4 is 0 Å². The predicted molar refractivity (Wildman–Crippen MR) is 48.0 cm³/mol. The maximum Gasteiger partial charge on any atom is 0.0558 e. The number of rotatable bonds is 2. The zero-order valence-corrected chi connectivity index (χ0v) is 7.71. The molecule has 2 aliphatic heterocycles. The zero-order valence-electron chi connectivity index (χ0n) is 7.71. The number of hydrogen-bond donors (Lipinski definition) is 2. The van der Waals surface area contributed by atoms with Gasteiger partial charge in [-0.2, -0.15) is 0 Å². The summed E-state index contributed by atoms with van der Waals surface area (Å²) in [6.07, 6.45) is 0. The van der Waals surface area contributed by atoms with Gasteiger partial charge in [-0.05, 0) is 17.9 Å². The van der Waals surface area contributed by atoms with Gasteiger partial charge in [-0.15, -0.1) is 0 Å². The largest absolute Gasteiger partial charge is 0.395 e. The van der Waals surface area contributed by atoms with Crippen LogP contribution in [0.5, 0.6) is 0 Å². The van der Waals surface area contributed by atoms with E-state index >= 15 is 0 Å². The summed E-state index contributed by atoms with van der Waals surface area (Å²) in [5.74, 6) is 0.809. The number of aliphatic hydroxyl groups excluding tert-OH is 1. The summed E-state index contributed by atoms with van der Waals surface area (Å²) in [4.78, 5) is 2.38. The topological polar surface area (TPSA) is 35.5 Å². The Bertz CT molecular complexity index is 174. The summed E-state index contributed by atoms with van der Waals surface area (Å²) in [7, 11) is 0. The Kier molecular flexibility index (Phi) is 2.10. The molecule has 2 heterocycles. The lowest BCUT2D eigenvalue weighted by molar-refractivity contribution is 0.205. The van der Waals surface area contributed by atoms with Crippen LogP contribution >= 0.6 is 0 Å². The van der Waals surface area contributed by atoms with Crippen LogP contribution in [0.3, 0.4) is 0 Å². The van der Waals surface area contributed by atoms with Gasteiger partial charge in [0, 0.05) is 26.2 Å². The third-order valence-corrected chi connectivity index (χ3v) is 3.38. The molecule has 12 heavy (non-hydrogen) atoms. The van der Waals surface area contributed by atoms with E-state index in [-0.39, 0.29) is 0 Å². The molecular formula is C9H18N2O. The zero-order chi connectivity index (χ0) is 8.60. The van der Waals surface area contributed by atoms with E-state index in [9.17, 15) is 0 Å². The van der Waals surface area contributed by atoms with E-state index in [1.54, 1.807) is 0 Å². The third-order valence-electron chi connectivity index (χ3n) is 3.38. The van der Waals surface area contributed by atoms with Gasteiger partial charge >= 0.3 is 0 Å². The lowest BCUT2D eigenvalue weighted by atomic mass is 9.83. The van der Waals surface area contributed by atoms with Crippen molar-refractivity contribution in [2.75, 3.05) is 39.3 Å². The van der Waals surface area contributed by atoms with Gasteiger partial charge in [-0.25, -0.2) is 0 Å². The molecule has 0 radical (unpaired) electrons. The SMILES string of the molecule is C[C@]12CNC[C@H]1CN(CCO)C2. The minimum absolute atomic E-state index is 0.302. The van der Waals surface area contributed by atoms with Crippen molar-refractivity contribution in [3.63, 3.8) is 0 Å². The van der Waals surface area contributed by atoms with E-state index in [1.165, 1.54) is 13.1 Å². The summed E-state index contributed by atoms with van der Waals surface area (Å²) in [5.41, 5.74) is 0.481. The molecule has 2 fully saturated rings. The highest BCUT2D eigenvalue weighted by atomic mass is 16.3. The van der Waals surface area contributed by atoms with Crippen molar-refractivity contribution in [3.8, 4) is 0 Å². The maximum absolute atomic E-state index is 8.82. The highest BCUT2D eigenvalue weighted by Gasteiger charge is 2.45. The Labute approximate surface area is 73.8 Å². The molecule has 0 amide bonds. The molecule has 2 saturated heterocycles. The first-order valence-corrected chi connectivity index (χ1v) is 4.78. The number of nitrogens with zero attached hydrogens (tertiary/aromatic N) is 1. The van der Waals surface area contributed by atoms with Crippen molar-refractivity contribution in [2.45, 2.75) is 6.92 Å². The highest BCUT2D eigenvalue weighted by Crippen LogP contribution is 2.37. The molecule has 2 N–H and O–H groups in total. The van der Waals surface area contributed by atoms with Gasteiger partial charge in [-0.1, -0.05) is 6.92 Å². The van der Waals surface area contributed by atoms with Crippen LogP contribution in [-0.4, -0.2) is 49.3 Å². The third kappa shape index (κ3) is 1.26. The normalized spacial score (nSPS) is 42.0. The molecule has 0 aromatic carbocycles. The molecule has 2 rings (SSSR count). The fraction of sp³-hybridized carbons (Fsp3) is 1.00. The number of β-amino-alcohol motifs (C(OH)–C–C–N with tert-alkyl or cyclic N) is 1. The molecule has 70 valence electrons. The molecule has 3 nitrogen and oxygen atoms in total. The Balaban J connectivity index is 1.96. The predicted octanol–water partition coefficient (Wildman–Crippen LogP) is -0.480. The van der Waals surface area contributed by atoms with Crippen LogP contribution in [0.2, 0.25) is 0 Å². The quantitative estimate of drug-likeness (QED) is 0.587. The van der Waals surface area contributed by atoms with Gasteiger partial charge in [0.15, 0.2) is 0 Å². The fourth-order valence-electron chi connectivity index (χ4n) is 2.59. The van der Waals surface area contributed by atoms with Gasteiger partial charge in [0.1, 0.15) is 0 Å². The summed E-state index contributed by atoms with van der Waals surface area (Å²) >= 11 is 0. The first-order chi connectivity index (χ1) is 5.74. The molecule has 2 atom stereocenters. The summed E-state index contributed by atoms with van der Waals surface area (Å²) in [6.45, 7) is 8.16. The summed E-state index contributed by atoms with van der Waals surface area (Å²) in [6, 6.07) is 0. The second kappa shape index (κ2) is 2.98. The Morgan fingerprint density at radius 2 is 2.50 bits per heavy atom. The molecule has 0 aromatic rings. The molecule has 2 aliphatic rings. The van der Waals surface area contributed by atoms with Gasteiger partial charge in [0.25, 0.3) is 0 Å². The van der Waals surface area contributed by atoms with Crippen molar-refractivity contribution in [1.82, 2.24) is 10.2 Å². The first kappa shape index (κ1) is 8.48. The second-order valence-electron chi connectivity index (χ2n) is 4.44. The van der Waals surface area contributed by atoms with E-state index in [4.69, 9.17) is 5.11 Å². The average molecular weight is 170 g/mol. The van der Waals surface area contributed by atoms with Gasteiger partial charge < -0.3 is 15.3 Å². The van der Waals surface area contributed by atoms with Crippen molar-refractivity contribution in [1.29, 1.82) is 0 Å². The number of likely N-dealkylation sites (tertiary alicyclic amines) is 1. The van der Waals surface area contributed by atoms with Crippen molar-refractivity contribution in [2.24, 2.45) is 11.3 Å². The van der Waals surface area contributed by atoms with E-state index in [2.05, 4.69) is 17.1 Å². The molecule has 3 heteroatoms. The van der Waals surface area contributed by atoms with E-state index in [0.29, 0.717) is 12.0 Å². The smallest absolute Gasteiger partial charge is 0.0558 e. The molecule has 0 aromatic heterocycles. The minimum Gasteiger partial charge on any atom is -0.395 e. The van der Waals surface area contributed by atoms with Crippen LogP contribution < -0.4 is 5.32 Å². The highest BCUT2D eigenvalue weighted by molar-refractivity contribution is 5.00. The van der Waals surface area contributed by atoms with E-state index < -0.39 is 0 Å². The van der Waals surface area contributed by atoms with Crippen LogP contribution in [0.4, 0.5) is 0 Å².